The summed E-state index contributed by atoms with van der Waals surface area (Å²) in [5, 5.41) is 5.56. The van der Waals surface area contributed by atoms with Crippen LogP contribution < -0.4 is 15.7 Å². The Bertz CT molecular complexity index is 1030. The predicted octanol–water partition coefficient (Wildman–Crippen LogP) is 2.17. The van der Waals surface area contributed by atoms with Crippen molar-refractivity contribution >= 4 is 40.8 Å². The third-order valence-corrected chi connectivity index (χ3v) is 9.12. The van der Waals surface area contributed by atoms with E-state index in [0.29, 0.717) is 5.29 Å². The summed E-state index contributed by atoms with van der Waals surface area (Å²) >= 11 is 0. The van der Waals surface area contributed by atoms with Crippen molar-refractivity contribution < 1.29 is 23.9 Å². The van der Waals surface area contributed by atoms with Crippen molar-refractivity contribution in [1.82, 2.24) is 5.09 Å². The third kappa shape index (κ3) is 3.48. The second-order valence-corrected chi connectivity index (χ2v) is 10.1. The molecule has 6 nitrogen and oxygen atoms in total. The first-order valence-corrected chi connectivity index (χ1v) is 11.3. The number of methoxy groups -OCH3 is 2. The zero-order chi connectivity index (χ0) is 21.9. The van der Waals surface area contributed by atoms with Gasteiger partial charge in [0.25, 0.3) is 5.91 Å². The molecular formula is C23H24NO5P. The van der Waals surface area contributed by atoms with Crippen LogP contribution in [-0.2, 0) is 23.9 Å². The molecule has 0 unspecified atom stereocenters. The molecule has 2 aromatic carbocycles. The summed E-state index contributed by atoms with van der Waals surface area (Å²) in [6, 6.07) is 19.1. The Hall–Kier alpha value is -3.11. The number of esters is 2. The van der Waals surface area contributed by atoms with Gasteiger partial charge in [0.2, 0.25) is 0 Å². The Morgan fingerprint density at radius 2 is 1.23 bits per heavy atom. The monoisotopic (exact) mass is 425 g/mol. The molecule has 1 heterocycles. The minimum Gasteiger partial charge on any atom is -0.465 e. The molecule has 0 saturated heterocycles. The lowest BCUT2D eigenvalue weighted by atomic mass is 9.97. The van der Waals surface area contributed by atoms with Gasteiger partial charge in [0.15, 0.2) is 0 Å². The number of amides is 1. The molecule has 156 valence electrons. The SMILES string of the molecule is COC(=O)C1=C(C(=O)OC)C(C(C)C)=P(c2ccccc2)(c2ccccc2)NC1=O. The van der Waals surface area contributed by atoms with Crippen molar-refractivity contribution in [2.24, 2.45) is 5.92 Å². The average Bonchev–Trinajstić information content (AvgIpc) is 2.78. The van der Waals surface area contributed by atoms with Crippen LogP contribution in [0.4, 0.5) is 0 Å². The second-order valence-electron chi connectivity index (χ2n) is 7.06. The van der Waals surface area contributed by atoms with E-state index in [1.165, 1.54) is 14.2 Å². The molecule has 1 aliphatic heterocycles. The van der Waals surface area contributed by atoms with E-state index in [1.807, 2.05) is 74.5 Å². The molecule has 30 heavy (non-hydrogen) atoms. The van der Waals surface area contributed by atoms with Gasteiger partial charge in [0, 0.05) is 7.04 Å². The van der Waals surface area contributed by atoms with Crippen LogP contribution in [0.25, 0.3) is 0 Å². The van der Waals surface area contributed by atoms with Gasteiger partial charge in [0.05, 0.1) is 19.8 Å². The van der Waals surface area contributed by atoms with E-state index < -0.39 is 24.9 Å². The van der Waals surface area contributed by atoms with Crippen molar-refractivity contribution in [3.8, 4) is 0 Å². The van der Waals surface area contributed by atoms with E-state index >= 15 is 0 Å². The lowest BCUT2D eigenvalue weighted by Crippen LogP contribution is -2.45. The van der Waals surface area contributed by atoms with E-state index in [-0.39, 0.29) is 17.1 Å². The van der Waals surface area contributed by atoms with Crippen LogP contribution in [0, 0.1) is 5.92 Å². The van der Waals surface area contributed by atoms with E-state index in [4.69, 9.17) is 9.47 Å². The van der Waals surface area contributed by atoms with Crippen LogP contribution in [0.15, 0.2) is 71.8 Å². The molecule has 0 fully saturated rings. The van der Waals surface area contributed by atoms with Gasteiger partial charge >= 0.3 is 11.9 Å². The number of rotatable bonds is 5. The number of hydrogen-bond donors (Lipinski definition) is 1. The smallest absolute Gasteiger partial charge is 0.344 e. The summed E-state index contributed by atoms with van der Waals surface area (Å²) in [5.41, 5.74) is -0.334. The van der Waals surface area contributed by atoms with Crippen LogP contribution in [-0.4, -0.2) is 37.4 Å². The van der Waals surface area contributed by atoms with E-state index in [1.54, 1.807) is 0 Å². The first-order chi connectivity index (χ1) is 14.4. The largest absolute Gasteiger partial charge is 0.465 e. The third-order valence-electron chi connectivity index (χ3n) is 4.98. The molecule has 0 atom stereocenters. The average molecular weight is 425 g/mol. The van der Waals surface area contributed by atoms with Gasteiger partial charge in [-0.05, 0) is 21.8 Å². The Labute approximate surface area is 175 Å². The molecular weight excluding hydrogens is 401 g/mol. The highest BCUT2D eigenvalue weighted by atomic mass is 31.2. The normalized spacial score (nSPS) is 15.6. The van der Waals surface area contributed by atoms with Gasteiger partial charge < -0.3 is 14.6 Å². The molecule has 0 radical (unpaired) electrons. The molecule has 1 N–H and O–H groups in total. The first kappa shape index (κ1) is 21.6. The molecule has 7 heteroatoms. The van der Waals surface area contributed by atoms with E-state index in [0.717, 1.165) is 10.6 Å². The van der Waals surface area contributed by atoms with Gasteiger partial charge in [-0.1, -0.05) is 74.5 Å². The van der Waals surface area contributed by atoms with Crippen molar-refractivity contribution in [3.63, 3.8) is 0 Å². The fourth-order valence-electron chi connectivity index (χ4n) is 3.82. The second kappa shape index (κ2) is 8.72. The highest BCUT2D eigenvalue weighted by Crippen LogP contribution is 2.49. The fourth-order valence-corrected chi connectivity index (χ4v) is 8.02. The molecule has 0 spiro atoms. The van der Waals surface area contributed by atoms with E-state index in [9.17, 15) is 14.4 Å². The van der Waals surface area contributed by atoms with Crippen LogP contribution in [0.2, 0.25) is 0 Å². The fraction of sp³-hybridized carbons (Fsp3) is 0.217. The number of carbonyl (C=O) groups excluding carboxylic acids is 3. The van der Waals surface area contributed by atoms with Crippen molar-refractivity contribution in [1.29, 1.82) is 0 Å². The van der Waals surface area contributed by atoms with Crippen LogP contribution in [0.3, 0.4) is 0 Å². The van der Waals surface area contributed by atoms with Gasteiger partial charge in [-0.2, -0.15) is 0 Å². The summed E-state index contributed by atoms with van der Waals surface area (Å²) in [6.07, 6.45) is 0. The van der Waals surface area contributed by atoms with Crippen molar-refractivity contribution in [2.45, 2.75) is 13.8 Å². The zero-order valence-electron chi connectivity index (χ0n) is 17.3. The minimum absolute atomic E-state index is 0.0101. The lowest BCUT2D eigenvalue weighted by Gasteiger charge is -2.38. The Morgan fingerprint density at radius 1 is 0.800 bits per heavy atom. The van der Waals surface area contributed by atoms with Crippen LogP contribution in [0.1, 0.15) is 13.8 Å². The number of carbonyl (C=O) groups is 3. The van der Waals surface area contributed by atoms with Crippen LogP contribution >= 0.6 is 7.04 Å². The first-order valence-electron chi connectivity index (χ1n) is 9.50. The van der Waals surface area contributed by atoms with Gasteiger partial charge in [-0.15, -0.1) is 0 Å². The standard InChI is InChI=1S/C23H24NO5P/c1-15(2)20-18(22(26)28-3)19(23(27)29-4)21(25)24-30(20,16-11-7-5-8-12-16)17-13-9-6-10-14-17/h5-15H,1-4H3,(H,24,25). The van der Waals surface area contributed by atoms with Crippen LogP contribution in [0.5, 0.6) is 0 Å². The number of benzene rings is 2. The summed E-state index contributed by atoms with van der Waals surface area (Å²) in [5.74, 6) is -2.42. The summed E-state index contributed by atoms with van der Waals surface area (Å²) in [6.45, 7) is 3.87. The highest BCUT2D eigenvalue weighted by Gasteiger charge is 2.44. The van der Waals surface area contributed by atoms with Crippen molar-refractivity contribution in [2.75, 3.05) is 14.2 Å². The molecule has 2 aromatic rings. The molecule has 0 aliphatic carbocycles. The molecule has 0 saturated carbocycles. The maximum atomic E-state index is 13.3. The Morgan fingerprint density at radius 3 is 1.63 bits per heavy atom. The molecule has 3 rings (SSSR count). The molecule has 1 aliphatic rings. The Balaban J connectivity index is 2.60. The zero-order valence-corrected chi connectivity index (χ0v) is 18.2. The lowest BCUT2D eigenvalue weighted by molar-refractivity contribution is -0.140. The molecule has 1 amide bonds. The number of hydrogen-bond acceptors (Lipinski definition) is 5. The van der Waals surface area contributed by atoms with E-state index in [2.05, 4.69) is 5.09 Å². The molecule has 0 aromatic heterocycles. The number of ether oxygens (including phenoxy) is 2. The minimum atomic E-state index is -2.78. The maximum Gasteiger partial charge on any atom is 0.344 e. The quantitative estimate of drug-likeness (QED) is 0.451. The summed E-state index contributed by atoms with van der Waals surface area (Å²) in [7, 11) is -0.363. The highest BCUT2D eigenvalue weighted by molar-refractivity contribution is 7.88. The predicted molar refractivity (Wildman–Crippen MR) is 118 cm³/mol. The maximum absolute atomic E-state index is 13.3. The van der Waals surface area contributed by atoms with Gasteiger partial charge in [-0.25, -0.2) is 9.59 Å². The Kier molecular flexibility index (Phi) is 6.28. The molecule has 0 bridgehead atoms. The number of nitrogens with one attached hydrogen (secondary N) is 1. The topological polar surface area (TPSA) is 81.7 Å². The summed E-state index contributed by atoms with van der Waals surface area (Å²) in [4.78, 5) is 38.7. The van der Waals surface area contributed by atoms with Gasteiger partial charge in [-0.3, -0.25) is 4.79 Å². The van der Waals surface area contributed by atoms with Crippen molar-refractivity contribution in [3.05, 3.63) is 71.8 Å². The summed E-state index contributed by atoms with van der Waals surface area (Å²) < 4.78 is 9.85. The van der Waals surface area contributed by atoms with Gasteiger partial charge in [0.1, 0.15) is 5.57 Å².